The van der Waals surface area contributed by atoms with Crippen LogP contribution in [-0.4, -0.2) is 64.5 Å². The van der Waals surface area contributed by atoms with E-state index in [1.807, 2.05) is 72.9 Å². The Morgan fingerprint density at radius 3 is 2.48 bits per heavy atom. The molecule has 1 spiro atoms. The zero-order valence-corrected chi connectivity index (χ0v) is 38.0. The summed E-state index contributed by atoms with van der Waals surface area (Å²) in [7, 11) is 1.56. The predicted molar refractivity (Wildman–Crippen MR) is 251 cm³/mol. The number of pyridine rings is 2. The van der Waals surface area contributed by atoms with Gasteiger partial charge in [0.15, 0.2) is 0 Å². The van der Waals surface area contributed by atoms with Gasteiger partial charge in [-0.05, 0) is 152 Å². The molecule has 2 heterocycles. The van der Waals surface area contributed by atoms with Crippen LogP contribution in [0.2, 0.25) is 5.02 Å². The van der Waals surface area contributed by atoms with Gasteiger partial charge < -0.3 is 31.1 Å². The van der Waals surface area contributed by atoms with Gasteiger partial charge >= 0.3 is 5.97 Å². The van der Waals surface area contributed by atoms with Crippen LogP contribution in [-0.2, 0) is 34.4 Å². The first-order valence-corrected chi connectivity index (χ1v) is 23.1. The number of carboxylic acid groups (broad SMARTS) is 1. The predicted octanol–water partition coefficient (Wildman–Crippen LogP) is 8.67. The SMILES string of the molecule is CNC(=O)c1ccc(-c2cccc(CNC(=O)CNC(=O)c3ccc4c(c3)C3(CCC(Nc5cccc(Cl)c5)(C(=O)O)CC3)[C@@H](C[C@@H](C)COc3ccnc5c3[C@H](C)CCC5)C4)c2)cn1. The zero-order chi connectivity index (χ0) is 45.7. The summed E-state index contributed by atoms with van der Waals surface area (Å²) < 4.78 is 6.58. The number of amides is 3. The van der Waals surface area contributed by atoms with Gasteiger partial charge in [0.2, 0.25) is 5.91 Å². The molecular weight excluding hydrogens is 840 g/mol. The average Bonchev–Trinajstić information content (AvgIpc) is 3.60. The highest BCUT2D eigenvalue weighted by molar-refractivity contribution is 6.30. The summed E-state index contributed by atoms with van der Waals surface area (Å²) in [5.74, 6) is -0.127. The van der Waals surface area contributed by atoms with Crippen molar-refractivity contribution in [2.75, 3.05) is 25.5 Å². The summed E-state index contributed by atoms with van der Waals surface area (Å²) in [5, 5.41) is 22.9. The summed E-state index contributed by atoms with van der Waals surface area (Å²) >= 11 is 6.31. The number of nitrogens with one attached hydrogen (secondary N) is 4. The first kappa shape index (κ1) is 45.3. The normalized spacial score (nSPS) is 21.4. The fourth-order valence-electron chi connectivity index (χ4n) is 10.5. The van der Waals surface area contributed by atoms with Crippen LogP contribution in [0.5, 0.6) is 5.75 Å². The third kappa shape index (κ3) is 9.88. The fraction of sp³-hybridized carbons (Fsp3) is 0.385. The first-order valence-electron chi connectivity index (χ1n) is 22.7. The molecule has 1 saturated carbocycles. The number of nitrogens with zero attached hydrogens (tertiary/aromatic N) is 2. The maximum Gasteiger partial charge on any atom is 0.329 e. The largest absolute Gasteiger partial charge is 0.493 e. The van der Waals surface area contributed by atoms with Gasteiger partial charge in [-0.25, -0.2) is 4.79 Å². The molecule has 65 heavy (non-hydrogen) atoms. The number of carbonyl (C=O) groups is 4. The van der Waals surface area contributed by atoms with Crippen LogP contribution in [0.4, 0.5) is 5.69 Å². The van der Waals surface area contributed by atoms with Crippen molar-refractivity contribution in [3.8, 4) is 16.9 Å². The van der Waals surface area contributed by atoms with Crippen molar-refractivity contribution >= 4 is 41.0 Å². The minimum atomic E-state index is -1.19. The number of aromatic nitrogens is 2. The molecule has 3 aliphatic rings. The molecule has 12 nitrogen and oxygen atoms in total. The van der Waals surface area contributed by atoms with Crippen molar-refractivity contribution in [1.82, 2.24) is 25.9 Å². The number of hydrogen-bond acceptors (Lipinski definition) is 8. The van der Waals surface area contributed by atoms with Crippen molar-refractivity contribution < 1.29 is 29.0 Å². The molecule has 2 aromatic heterocycles. The van der Waals surface area contributed by atoms with Gasteiger partial charge in [0, 0.05) is 59.1 Å². The number of benzene rings is 3. The number of carbonyl (C=O) groups excluding carboxylic acids is 3. The lowest BCUT2D eigenvalue weighted by atomic mass is 9.59. The van der Waals surface area contributed by atoms with E-state index in [0.717, 1.165) is 65.8 Å². The monoisotopic (exact) mass is 896 g/mol. The van der Waals surface area contributed by atoms with Crippen molar-refractivity contribution in [2.45, 2.75) is 95.1 Å². The van der Waals surface area contributed by atoms with E-state index in [0.29, 0.717) is 60.2 Å². The zero-order valence-electron chi connectivity index (χ0n) is 37.2. The number of anilines is 1. The molecule has 0 unspecified atom stereocenters. The third-order valence-electron chi connectivity index (χ3n) is 13.9. The molecule has 0 saturated heterocycles. The summed E-state index contributed by atoms with van der Waals surface area (Å²) in [6.45, 7) is 5.08. The first-order chi connectivity index (χ1) is 31.4. The molecule has 0 bridgehead atoms. The molecule has 8 rings (SSSR count). The van der Waals surface area contributed by atoms with Crippen molar-refractivity contribution in [1.29, 1.82) is 0 Å². The number of halogens is 1. The van der Waals surface area contributed by atoms with E-state index in [9.17, 15) is 24.3 Å². The second-order valence-electron chi connectivity index (χ2n) is 18.2. The van der Waals surface area contributed by atoms with Gasteiger partial charge in [-0.2, -0.15) is 0 Å². The second-order valence-corrected chi connectivity index (χ2v) is 18.7. The molecule has 0 aliphatic heterocycles. The Morgan fingerprint density at radius 2 is 1.72 bits per heavy atom. The van der Waals surface area contributed by atoms with Crippen LogP contribution in [0.1, 0.15) is 114 Å². The molecule has 5 N–H and O–H groups in total. The minimum absolute atomic E-state index is 0.195. The summed E-state index contributed by atoms with van der Waals surface area (Å²) in [5.41, 5.74) is 7.11. The number of aryl methyl sites for hydroxylation is 1. The lowest BCUT2D eigenvalue weighted by molar-refractivity contribution is -0.144. The number of fused-ring (bicyclic) bond motifs is 3. The highest BCUT2D eigenvalue weighted by atomic mass is 35.5. The lowest BCUT2D eigenvalue weighted by Crippen LogP contribution is -2.53. The molecule has 5 aromatic rings. The quantitative estimate of drug-likeness (QED) is 0.0690. The highest BCUT2D eigenvalue weighted by Gasteiger charge is 2.54. The van der Waals surface area contributed by atoms with Gasteiger partial charge in [-0.15, -0.1) is 0 Å². The van der Waals surface area contributed by atoms with Gasteiger partial charge in [0.05, 0.1) is 13.2 Å². The van der Waals surface area contributed by atoms with E-state index in [1.165, 1.54) is 11.1 Å². The number of aliphatic carboxylic acids is 1. The molecular formula is C52H57ClN6O6. The Labute approximate surface area is 385 Å². The lowest BCUT2D eigenvalue weighted by Gasteiger charge is -2.47. The Hall–Kier alpha value is -6.27. The van der Waals surface area contributed by atoms with Crippen LogP contribution in [0.15, 0.2) is 97.3 Å². The molecule has 13 heteroatoms. The highest BCUT2D eigenvalue weighted by Crippen LogP contribution is 2.56. The van der Waals surface area contributed by atoms with E-state index in [4.69, 9.17) is 16.3 Å². The van der Waals surface area contributed by atoms with Gasteiger partial charge in [-0.3, -0.25) is 24.4 Å². The van der Waals surface area contributed by atoms with Crippen molar-refractivity contribution in [3.05, 3.63) is 142 Å². The Balaban J connectivity index is 0.955. The molecule has 0 radical (unpaired) electrons. The second kappa shape index (κ2) is 19.5. The summed E-state index contributed by atoms with van der Waals surface area (Å²) in [6.07, 6.45) is 10.4. The van der Waals surface area contributed by atoms with E-state index in [2.05, 4.69) is 45.1 Å². The summed E-state index contributed by atoms with van der Waals surface area (Å²) in [4.78, 5) is 60.8. The smallest absolute Gasteiger partial charge is 0.329 e. The summed E-state index contributed by atoms with van der Waals surface area (Å²) in [6, 6.07) is 26.2. The van der Waals surface area contributed by atoms with Gasteiger partial charge in [-0.1, -0.05) is 61.8 Å². The number of carboxylic acids is 1. The van der Waals surface area contributed by atoms with Gasteiger partial charge in [0.1, 0.15) is 17.0 Å². The topological polar surface area (TPSA) is 172 Å². The molecule has 3 atom stereocenters. The molecule has 1 fully saturated rings. The Bertz CT molecular complexity index is 2570. The van der Waals surface area contributed by atoms with Crippen LogP contribution < -0.4 is 26.0 Å². The number of hydrogen-bond donors (Lipinski definition) is 5. The fourth-order valence-corrected chi connectivity index (χ4v) is 10.6. The Kier molecular flexibility index (Phi) is 13.6. The molecule has 3 amide bonds. The Morgan fingerprint density at radius 1 is 0.908 bits per heavy atom. The molecule has 3 aliphatic carbocycles. The van der Waals surface area contributed by atoms with E-state index in [-0.39, 0.29) is 48.1 Å². The third-order valence-corrected chi connectivity index (χ3v) is 14.2. The van der Waals surface area contributed by atoms with Crippen LogP contribution in [0.3, 0.4) is 0 Å². The van der Waals surface area contributed by atoms with Crippen molar-refractivity contribution in [3.63, 3.8) is 0 Å². The number of ether oxygens (including phenoxy) is 1. The van der Waals surface area contributed by atoms with Crippen LogP contribution >= 0.6 is 11.6 Å². The molecule has 3 aromatic carbocycles. The number of rotatable bonds is 15. The maximum absolute atomic E-state index is 13.8. The van der Waals surface area contributed by atoms with Gasteiger partial charge in [0.25, 0.3) is 11.8 Å². The average molecular weight is 898 g/mol. The van der Waals surface area contributed by atoms with E-state index in [1.54, 1.807) is 31.4 Å². The van der Waals surface area contributed by atoms with Crippen molar-refractivity contribution in [2.24, 2.45) is 11.8 Å². The van der Waals surface area contributed by atoms with E-state index >= 15 is 0 Å². The van der Waals surface area contributed by atoms with Crippen LogP contribution in [0, 0.1) is 11.8 Å². The minimum Gasteiger partial charge on any atom is -0.493 e. The molecule has 338 valence electrons. The van der Waals surface area contributed by atoms with Crippen LogP contribution in [0.25, 0.3) is 11.1 Å². The van der Waals surface area contributed by atoms with E-state index < -0.39 is 11.5 Å². The maximum atomic E-state index is 13.8. The standard InChI is InChI=1S/C52H57ClN6O6/c1-32(31-65-45-17-22-55-43-12-4-7-33(2)47(43)45)23-39-25-36-13-14-37(26-42(36)51(39)18-20-52(21-19-51,50(63)64)59-41-11-6-10-40(53)27-41)48(61)58-30-46(60)57-28-34-8-5-9-35(24-34)38-15-16-44(56-29-38)49(62)54-3/h5-6,8-11,13-17,22,24,26-27,29,32-33,39,59H,4,7,12,18-21,23,25,28,30-31H2,1-3H3,(H,54,62)(H,57,60)(H,58,61)(H,63,64)/t32-,33-,39+,51?,52?/m1/s1.